The summed E-state index contributed by atoms with van der Waals surface area (Å²) in [5.41, 5.74) is 12.8. The van der Waals surface area contributed by atoms with Crippen molar-refractivity contribution in [3.8, 4) is 67.3 Å². The van der Waals surface area contributed by atoms with Crippen molar-refractivity contribution >= 4 is 21.9 Å². The molecule has 1 aliphatic carbocycles. The van der Waals surface area contributed by atoms with E-state index in [0.717, 1.165) is 55.3 Å². The highest BCUT2D eigenvalue weighted by Gasteiger charge is 2.35. The van der Waals surface area contributed by atoms with Gasteiger partial charge in [-0.1, -0.05) is 135 Å². The predicted octanol–water partition coefficient (Wildman–Crippen LogP) is 13.0. The second kappa shape index (κ2) is 11.8. The quantitative estimate of drug-likeness (QED) is 0.183. The van der Waals surface area contributed by atoms with Crippen LogP contribution in [-0.2, 0) is 5.41 Å². The number of hydrogen-bond acceptors (Lipinski definition) is 3. The number of aromatic nitrogens is 2. The van der Waals surface area contributed by atoms with Crippen LogP contribution < -0.4 is 0 Å². The van der Waals surface area contributed by atoms with Crippen molar-refractivity contribution in [3.63, 3.8) is 0 Å². The maximum Gasteiger partial charge on any atom is 0.160 e. The highest BCUT2D eigenvalue weighted by molar-refractivity contribution is 6.06. The largest absolute Gasteiger partial charge is 0.456 e. The molecule has 0 spiro atoms. The van der Waals surface area contributed by atoms with Crippen molar-refractivity contribution in [2.24, 2.45) is 0 Å². The summed E-state index contributed by atoms with van der Waals surface area (Å²) in [7, 11) is 0. The van der Waals surface area contributed by atoms with Gasteiger partial charge in [-0.05, 0) is 93.0 Å². The van der Waals surface area contributed by atoms with Gasteiger partial charge in [0.15, 0.2) is 5.82 Å². The molecular weight excluding hydrogens is 633 g/mol. The van der Waals surface area contributed by atoms with Gasteiger partial charge in [-0.25, -0.2) is 9.97 Å². The summed E-state index contributed by atoms with van der Waals surface area (Å²) in [6.07, 6.45) is 0. The Morgan fingerprint density at radius 1 is 0.462 bits per heavy atom. The first-order valence-corrected chi connectivity index (χ1v) is 17.4. The molecule has 2 aromatic heterocycles. The minimum absolute atomic E-state index is 0.0466. The molecule has 9 aromatic rings. The lowest BCUT2D eigenvalue weighted by Crippen LogP contribution is -2.14. The lowest BCUT2D eigenvalue weighted by molar-refractivity contribution is 0.660. The molecule has 3 heteroatoms. The molecule has 0 saturated carbocycles. The Morgan fingerprint density at radius 3 is 1.96 bits per heavy atom. The van der Waals surface area contributed by atoms with E-state index < -0.39 is 18.1 Å². The van der Waals surface area contributed by atoms with Crippen LogP contribution in [0.1, 0.15) is 31.8 Å². The smallest absolute Gasteiger partial charge is 0.160 e. The van der Waals surface area contributed by atoms with Crippen LogP contribution in [0, 0.1) is 0 Å². The summed E-state index contributed by atoms with van der Waals surface area (Å²) in [4.78, 5) is 10.0. The summed E-state index contributed by atoms with van der Waals surface area (Å²) in [6, 6.07) is 45.5. The Kier molecular flexibility index (Phi) is 5.74. The number of para-hydroxylation sites is 1. The van der Waals surface area contributed by atoms with Crippen molar-refractivity contribution in [1.82, 2.24) is 9.97 Å². The molecule has 0 amide bonds. The molecule has 0 saturated heterocycles. The zero-order valence-corrected chi connectivity index (χ0v) is 28.6. The van der Waals surface area contributed by atoms with Gasteiger partial charge in [-0.15, -0.1) is 0 Å². The van der Waals surface area contributed by atoms with E-state index in [1.54, 1.807) is 0 Å². The third kappa shape index (κ3) is 4.97. The van der Waals surface area contributed by atoms with E-state index in [2.05, 4.69) is 98.8 Å². The van der Waals surface area contributed by atoms with Crippen molar-refractivity contribution in [2.45, 2.75) is 19.3 Å². The van der Waals surface area contributed by atoms with Crippen molar-refractivity contribution in [2.75, 3.05) is 0 Å². The van der Waals surface area contributed by atoms with Gasteiger partial charge in [0.1, 0.15) is 11.2 Å². The summed E-state index contributed by atoms with van der Waals surface area (Å²) >= 11 is 0. The van der Waals surface area contributed by atoms with E-state index in [1.165, 1.54) is 22.3 Å². The summed E-state index contributed by atoms with van der Waals surface area (Å²) in [5, 5.41) is 2.06. The van der Waals surface area contributed by atoms with Gasteiger partial charge >= 0.3 is 0 Å². The number of rotatable bonds is 5. The molecule has 0 unspecified atom stereocenters. The molecule has 0 atom stereocenters. The van der Waals surface area contributed by atoms with Gasteiger partial charge in [-0.2, -0.15) is 0 Å². The van der Waals surface area contributed by atoms with E-state index in [-0.39, 0.29) is 28.9 Å². The molecule has 246 valence electrons. The van der Waals surface area contributed by atoms with Crippen molar-refractivity contribution < 1.29 is 11.3 Å². The third-order valence-corrected chi connectivity index (χ3v) is 10.4. The van der Waals surface area contributed by atoms with Crippen LogP contribution in [0.15, 0.2) is 174 Å². The molecule has 2 heterocycles. The Morgan fingerprint density at radius 2 is 1.12 bits per heavy atom. The van der Waals surface area contributed by atoms with E-state index in [1.807, 2.05) is 54.6 Å². The molecule has 7 aromatic carbocycles. The minimum atomic E-state index is -0.465. The van der Waals surface area contributed by atoms with E-state index >= 15 is 0 Å². The lowest BCUT2D eigenvalue weighted by Gasteiger charge is -2.22. The Bertz CT molecular complexity index is 3090. The maximum atomic E-state index is 8.89. The molecule has 0 bridgehead atoms. The maximum absolute atomic E-state index is 8.89. The van der Waals surface area contributed by atoms with E-state index in [9.17, 15) is 0 Å². The number of nitrogens with zero attached hydrogens (tertiary/aromatic N) is 2. The molecule has 0 radical (unpaired) electrons. The van der Waals surface area contributed by atoms with Crippen molar-refractivity contribution in [3.05, 3.63) is 181 Å². The van der Waals surface area contributed by atoms with Crippen LogP contribution in [0.3, 0.4) is 0 Å². The SMILES string of the molecule is [2H]c1c([2H])c([2H])c(-c2nc(-c3cc(-c4ccccc4)cc(-c4ccc5oc6ccccc6c5c4)c3)cc(-c3ccc4c(c3)C(C)(C)c3ccccc3-4)n2)c([2H])c1[2H]. The Hall–Kier alpha value is -6.58. The van der Waals surface area contributed by atoms with Gasteiger partial charge in [0.25, 0.3) is 0 Å². The molecule has 0 fully saturated rings. The molecule has 0 aliphatic heterocycles. The molecule has 52 heavy (non-hydrogen) atoms. The van der Waals surface area contributed by atoms with Crippen LogP contribution in [0.2, 0.25) is 0 Å². The second-order valence-corrected chi connectivity index (χ2v) is 13.9. The van der Waals surface area contributed by atoms with Gasteiger partial charge < -0.3 is 4.42 Å². The highest BCUT2D eigenvalue weighted by atomic mass is 16.3. The molecule has 1 aliphatic rings. The summed E-state index contributed by atoms with van der Waals surface area (Å²) in [5.74, 6) is 0.0560. The number of furan rings is 1. The fourth-order valence-corrected chi connectivity index (χ4v) is 7.73. The zero-order chi connectivity index (χ0) is 39.2. The molecule has 0 N–H and O–H groups in total. The Labute approximate surface area is 309 Å². The third-order valence-electron chi connectivity index (χ3n) is 10.4. The average Bonchev–Trinajstić information content (AvgIpc) is 3.73. The fourth-order valence-electron chi connectivity index (χ4n) is 7.73. The van der Waals surface area contributed by atoms with Crippen LogP contribution in [-0.4, -0.2) is 9.97 Å². The van der Waals surface area contributed by atoms with Crippen LogP contribution in [0.4, 0.5) is 0 Å². The fraction of sp³-hybridized carbons (Fsp3) is 0.0612. The highest BCUT2D eigenvalue weighted by Crippen LogP contribution is 2.49. The van der Waals surface area contributed by atoms with Gasteiger partial charge in [0.05, 0.1) is 18.2 Å². The predicted molar refractivity (Wildman–Crippen MR) is 214 cm³/mol. The lowest BCUT2D eigenvalue weighted by atomic mass is 9.82. The van der Waals surface area contributed by atoms with Gasteiger partial charge in [0.2, 0.25) is 0 Å². The summed E-state index contributed by atoms with van der Waals surface area (Å²) < 4.78 is 49.2. The van der Waals surface area contributed by atoms with Gasteiger partial charge in [0, 0.05) is 32.9 Å². The van der Waals surface area contributed by atoms with Crippen LogP contribution >= 0.6 is 0 Å². The zero-order valence-electron chi connectivity index (χ0n) is 33.6. The topological polar surface area (TPSA) is 38.9 Å². The van der Waals surface area contributed by atoms with Crippen molar-refractivity contribution in [1.29, 1.82) is 0 Å². The monoisotopic (exact) mass is 671 g/mol. The average molecular weight is 672 g/mol. The first-order chi connectivity index (χ1) is 27.6. The molecular formula is C49H34N2O. The number of hydrogen-bond donors (Lipinski definition) is 0. The summed E-state index contributed by atoms with van der Waals surface area (Å²) in [6.45, 7) is 4.45. The standard InChI is InChI=1S/C49H34N2O/c1-49(2)42-19-11-9-17-38(42)39-23-21-34(29-43(39)49)44-30-45(51-48(50-44)32-15-7-4-8-16-32)37-26-35(31-13-5-3-6-14-31)25-36(27-37)33-22-24-47-41(28-33)40-18-10-12-20-46(40)52-47/h3-30H,1-2H3/i4D,7D,8D,15D,16D. The number of benzene rings is 7. The molecule has 3 nitrogen and oxygen atoms in total. The van der Waals surface area contributed by atoms with Gasteiger partial charge in [-0.3, -0.25) is 0 Å². The normalized spacial score (nSPS) is 14.3. The molecule has 10 rings (SSSR count). The van der Waals surface area contributed by atoms with E-state index in [4.69, 9.17) is 21.2 Å². The first kappa shape index (κ1) is 25.4. The van der Waals surface area contributed by atoms with E-state index in [0.29, 0.717) is 11.4 Å². The minimum Gasteiger partial charge on any atom is -0.456 e. The van der Waals surface area contributed by atoms with Crippen LogP contribution in [0.5, 0.6) is 0 Å². The number of fused-ring (bicyclic) bond motifs is 6. The first-order valence-electron chi connectivity index (χ1n) is 19.9. The Balaban J connectivity index is 1.22. The van der Waals surface area contributed by atoms with Crippen LogP contribution in [0.25, 0.3) is 89.2 Å². The second-order valence-electron chi connectivity index (χ2n) is 13.9.